The minimum Gasteiger partial charge on any atom is -0.306 e. The molecule has 0 aliphatic carbocycles. The average Bonchev–Trinajstić information content (AvgIpc) is 2.29. The Kier molecular flexibility index (Phi) is 2.95. The second-order valence-electron chi connectivity index (χ2n) is 5.19. The highest BCUT2D eigenvalue weighted by Gasteiger charge is 2.42. The van der Waals surface area contributed by atoms with Gasteiger partial charge in [-0.3, -0.25) is 0 Å². The molecular formula is C10H19F2N. The number of nitrogens with zero attached hydrogens (tertiary/aromatic N) is 1. The Balaban J connectivity index is 2.72. The van der Waals surface area contributed by atoms with Crippen LogP contribution in [0.2, 0.25) is 0 Å². The largest absolute Gasteiger partial charge is 0.306 e. The van der Waals surface area contributed by atoms with E-state index in [2.05, 4.69) is 0 Å². The van der Waals surface area contributed by atoms with Gasteiger partial charge < -0.3 is 4.90 Å². The molecule has 1 rings (SSSR count). The number of likely N-dealkylation sites (tertiary alicyclic amines) is 1. The summed E-state index contributed by atoms with van der Waals surface area (Å²) in [6.07, 6.45) is -2.17. The fraction of sp³-hybridized carbons (Fsp3) is 1.00. The zero-order valence-corrected chi connectivity index (χ0v) is 8.85. The van der Waals surface area contributed by atoms with E-state index in [9.17, 15) is 8.78 Å². The molecule has 1 heterocycles. The SMILES string of the molecule is CN1CC(C(C)(C)C)[C@H](C(F)F)C1. The van der Waals surface area contributed by atoms with E-state index in [1.165, 1.54) is 0 Å². The summed E-state index contributed by atoms with van der Waals surface area (Å²) >= 11 is 0. The summed E-state index contributed by atoms with van der Waals surface area (Å²) in [7, 11) is 1.92. The maximum atomic E-state index is 12.7. The second-order valence-corrected chi connectivity index (χ2v) is 5.19. The molecule has 0 spiro atoms. The molecule has 0 radical (unpaired) electrons. The Labute approximate surface area is 79.1 Å². The highest BCUT2D eigenvalue weighted by Crippen LogP contribution is 2.39. The molecule has 1 fully saturated rings. The first-order valence-corrected chi connectivity index (χ1v) is 4.79. The van der Waals surface area contributed by atoms with Crippen LogP contribution in [-0.4, -0.2) is 31.5 Å². The van der Waals surface area contributed by atoms with Crippen LogP contribution in [0.25, 0.3) is 0 Å². The molecule has 0 amide bonds. The first kappa shape index (κ1) is 10.9. The third-order valence-corrected chi connectivity index (χ3v) is 2.98. The summed E-state index contributed by atoms with van der Waals surface area (Å²) in [5, 5.41) is 0. The van der Waals surface area contributed by atoms with Gasteiger partial charge in [0.2, 0.25) is 6.43 Å². The molecule has 1 aliphatic rings. The van der Waals surface area contributed by atoms with Crippen molar-refractivity contribution < 1.29 is 8.78 Å². The fourth-order valence-corrected chi connectivity index (χ4v) is 2.20. The molecule has 78 valence electrons. The molecule has 0 aromatic rings. The van der Waals surface area contributed by atoms with Crippen molar-refractivity contribution in [3.63, 3.8) is 0 Å². The molecule has 0 aromatic heterocycles. The van der Waals surface area contributed by atoms with Crippen molar-refractivity contribution >= 4 is 0 Å². The van der Waals surface area contributed by atoms with Crippen LogP contribution in [0, 0.1) is 17.3 Å². The van der Waals surface area contributed by atoms with Gasteiger partial charge in [0, 0.05) is 19.0 Å². The van der Waals surface area contributed by atoms with Crippen LogP contribution >= 0.6 is 0 Å². The molecular weight excluding hydrogens is 172 g/mol. The van der Waals surface area contributed by atoms with Crippen molar-refractivity contribution in [1.29, 1.82) is 0 Å². The second kappa shape index (κ2) is 3.52. The molecule has 13 heavy (non-hydrogen) atoms. The van der Waals surface area contributed by atoms with Crippen LogP contribution in [0.3, 0.4) is 0 Å². The van der Waals surface area contributed by atoms with Gasteiger partial charge in [-0.15, -0.1) is 0 Å². The normalized spacial score (nSPS) is 31.6. The third-order valence-electron chi connectivity index (χ3n) is 2.98. The van der Waals surface area contributed by atoms with Gasteiger partial charge in [-0.05, 0) is 18.4 Å². The van der Waals surface area contributed by atoms with E-state index in [0.717, 1.165) is 6.54 Å². The lowest BCUT2D eigenvalue weighted by Crippen LogP contribution is -2.31. The van der Waals surface area contributed by atoms with Gasteiger partial charge in [0.05, 0.1) is 0 Å². The number of alkyl halides is 2. The van der Waals surface area contributed by atoms with Gasteiger partial charge in [-0.2, -0.15) is 0 Å². The molecule has 1 nitrogen and oxygen atoms in total. The van der Waals surface area contributed by atoms with Crippen LogP contribution < -0.4 is 0 Å². The highest BCUT2D eigenvalue weighted by atomic mass is 19.3. The molecule has 0 saturated carbocycles. The Hall–Kier alpha value is -0.180. The Morgan fingerprint density at radius 3 is 2.08 bits per heavy atom. The molecule has 0 N–H and O–H groups in total. The Bertz CT molecular complexity index is 174. The van der Waals surface area contributed by atoms with E-state index in [4.69, 9.17) is 0 Å². The molecule has 1 saturated heterocycles. The van der Waals surface area contributed by atoms with E-state index in [1.54, 1.807) is 0 Å². The first-order valence-electron chi connectivity index (χ1n) is 4.79. The molecule has 1 unspecified atom stereocenters. The van der Waals surface area contributed by atoms with Crippen LogP contribution in [0.5, 0.6) is 0 Å². The maximum Gasteiger partial charge on any atom is 0.242 e. The van der Waals surface area contributed by atoms with Crippen molar-refractivity contribution in [2.75, 3.05) is 20.1 Å². The summed E-state index contributed by atoms with van der Waals surface area (Å²) < 4.78 is 25.3. The minimum absolute atomic E-state index is 0.00808. The minimum atomic E-state index is -2.17. The van der Waals surface area contributed by atoms with Crippen LogP contribution in [0.4, 0.5) is 8.78 Å². The summed E-state index contributed by atoms with van der Waals surface area (Å²) in [6.45, 7) is 7.49. The summed E-state index contributed by atoms with van der Waals surface area (Å²) in [6, 6.07) is 0. The topological polar surface area (TPSA) is 3.24 Å². The van der Waals surface area contributed by atoms with E-state index in [1.807, 2.05) is 32.7 Å². The summed E-state index contributed by atoms with van der Waals surface area (Å²) in [5.74, 6) is -0.317. The maximum absolute atomic E-state index is 12.7. The smallest absolute Gasteiger partial charge is 0.242 e. The van der Waals surface area contributed by atoms with Crippen molar-refractivity contribution in [1.82, 2.24) is 4.90 Å². The Morgan fingerprint density at radius 1 is 1.23 bits per heavy atom. The Morgan fingerprint density at radius 2 is 1.77 bits per heavy atom. The molecule has 0 bridgehead atoms. The number of halogens is 2. The monoisotopic (exact) mass is 191 g/mol. The van der Waals surface area contributed by atoms with Crippen molar-refractivity contribution in [2.24, 2.45) is 17.3 Å². The van der Waals surface area contributed by atoms with Gasteiger partial charge in [0.15, 0.2) is 0 Å². The zero-order valence-electron chi connectivity index (χ0n) is 8.85. The number of hydrogen-bond acceptors (Lipinski definition) is 1. The standard InChI is InChI=1S/C10H19F2N/c1-10(2,3)8-6-13(4)5-7(8)9(11)12/h7-9H,5-6H2,1-4H3/t7-,8?/m1/s1. The van der Waals surface area contributed by atoms with Crippen LogP contribution in [0.1, 0.15) is 20.8 Å². The average molecular weight is 191 g/mol. The first-order chi connectivity index (χ1) is 5.82. The zero-order chi connectivity index (χ0) is 10.2. The van der Waals surface area contributed by atoms with Gasteiger partial charge >= 0.3 is 0 Å². The molecule has 2 atom stereocenters. The highest BCUT2D eigenvalue weighted by molar-refractivity contribution is 4.90. The lowest BCUT2D eigenvalue weighted by molar-refractivity contribution is 0.0328. The lowest BCUT2D eigenvalue weighted by atomic mass is 9.75. The van der Waals surface area contributed by atoms with E-state index >= 15 is 0 Å². The quantitative estimate of drug-likeness (QED) is 0.615. The molecule has 3 heteroatoms. The fourth-order valence-electron chi connectivity index (χ4n) is 2.20. The van der Waals surface area contributed by atoms with E-state index < -0.39 is 12.3 Å². The van der Waals surface area contributed by atoms with Crippen molar-refractivity contribution in [2.45, 2.75) is 27.2 Å². The predicted molar refractivity (Wildman–Crippen MR) is 49.9 cm³/mol. The number of rotatable bonds is 1. The van der Waals surface area contributed by atoms with Gasteiger partial charge in [0.1, 0.15) is 0 Å². The van der Waals surface area contributed by atoms with E-state index in [-0.39, 0.29) is 11.3 Å². The van der Waals surface area contributed by atoms with Gasteiger partial charge in [-0.25, -0.2) is 8.78 Å². The van der Waals surface area contributed by atoms with Crippen LogP contribution in [-0.2, 0) is 0 Å². The predicted octanol–water partition coefficient (Wildman–Crippen LogP) is 2.48. The van der Waals surface area contributed by atoms with Crippen molar-refractivity contribution in [3.8, 4) is 0 Å². The van der Waals surface area contributed by atoms with E-state index in [0.29, 0.717) is 6.54 Å². The van der Waals surface area contributed by atoms with Gasteiger partial charge in [-0.1, -0.05) is 20.8 Å². The lowest BCUT2D eigenvalue weighted by Gasteiger charge is -2.31. The molecule has 0 aromatic carbocycles. The molecule has 1 aliphatic heterocycles. The van der Waals surface area contributed by atoms with Gasteiger partial charge in [0.25, 0.3) is 0 Å². The number of hydrogen-bond donors (Lipinski definition) is 0. The van der Waals surface area contributed by atoms with Crippen molar-refractivity contribution in [3.05, 3.63) is 0 Å². The summed E-state index contributed by atoms with van der Waals surface area (Å²) in [5.41, 5.74) is -0.00808. The van der Waals surface area contributed by atoms with Crippen LogP contribution in [0.15, 0.2) is 0 Å². The summed E-state index contributed by atoms with van der Waals surface area (Å²) in [4.78, 5) is 2.01. The third kappa shape index (κ3) is 2.39.